The van der Waals surface area contributed by atoms with Gasteiger partial charge in [0.05, 0.1) is 0 Å². The standard InChI is InChI=1S/C7H11ClN2S/c1-6(5-8)10(2)7-9-3-4-11-7/h3-4,6H,5H2,1-2H3. The fourth-order valence-corrected chi connectivity index (χ4v) is 1.60. The topological polar surface area (TPSA) is 16.1 Å². The molecule has 0 amide bonds. The monoisotopic (exact) mass is 190 g/mol. The average molecular weight is 191 g/mol. The summed E-state index contributed by atoms with van der Waals surface area (Å²) in [6.45, 7) is 2.08. The fourth-order valence-electron chi connectivity index (χ4n) is 0.682. The average Bonchev–Trinajstić information content (AvgIpc) is 2.53. The van der Waals surface area contributed by atoms with Crippen LogP contribution in [0, 0.1) is 0 Å². The van der Waals surface area contributed by atoms with Crippen molar-refractivity contribution in [1.29, 1.82) is 0 Å². The van der Waals surface area contributed by atoms with E-state index in [1.165, 1.54) is 0 Å². The first-order valence-electron chi connectivity index (χ1n) is 3.44. The Morgan fingerprint density at radius 3 is 3.00 bits per heavy atom. The molecule has 0 aliphatic heterocycles. The molecule has 11 heavy (non-hydrogen) atoms. The third-order valence-corrected chi connectivity index (χ3v) is 2.91. The molecule has 1 rings (SSSR count). The third kappa shape index (κ3) is 2.07. The molecule has 0 N–H and O–H groups in total. The maximum atomic E-state index is 5.70. The molecule has 1 atom stereocenters. The van der Waals surface area contributed by atoms with Crippen LogP contribution in [-0.2, 0) is 0 Å². The van der Waals surface area contributed by atoms with Crippen molar-refractivity contribution in [2.24, 2.45) is 0 Å². The zero-order valence-corrected chi connectivity index (χ0v) is 8.19. The summed E-state index contributed by atoms with van der Waals surface area (Å²) in [6.07, 6.45) is 1.80. The molecule has 0 saturated heterocycles. The Bertz CT molecular complexity index is 200. The van der Waals surface area contributed by atoms with Crippen LogP contribution in [0.2, 0.25) is 0 Å². The lowest BCUT2D eigenvalue weighted by Gasteiger charge is -2.21. The van der Waals surface area contributed by atoms with Gasteiger partial charge in [0, 0.05) is 30.5 Å². The minimum absolute atomic E-state index is 0.350. The molecule has 0 aliphatic carbocycles. The Balaban J connectivity index is 2.62. The first kappa shape index (κ1) is 8.81. The molecule has 0 aromatic carbocycles. The molecule has 0 aliphatic rings. The molecular weight excluding hydrogens is 180 g/mol. The van der Waals surface area contributed by atoms with E-state index in [2.05, 4.69) is 16.8 Å². The summed E-state index contributed by atoms with van der Waals surface area (Å²) in [4.78, 5) is 6.25. The number of nitrogens with zero attached hydrogens (tertiary/aromatic N) is 2. The number of thiazole rings is 1. The van der Waals surface area contributed by atoms with Crippen molar-refractivity contribution >= 4 is 28.1 Å². The van der Waals surface area contributed by atoms with Gasteiger partial charge in [-0.3, -0.25) is 0 Å². The molecule has 1 aromatic rings. The van der Waals surface area contributed by atoms with E-state index in [0.717, 1.165) is 5.13 Å². The summed E-state index contributed by atoms with van der Waals surface area (Å²) in [5, 5.41) is 2.99. The molecule has 1 aromatic heterocycles. The van der Waals surface area contributed by atoms with Gasteiger partial charge in [-0.15, -0.1) is 22.9 Å². The fraction of sp³-hybridized carbons (Fsp3) is 0.571. The molecule has 0 fully saturated rings. The number of anilines is 1. The summed E-state index contributed by atoms with van der Waals surface area (Å²) >= 11 is 7.33. The molecule has 1 unspecified atom stereocenters. The minimum Gasteiger partial charge on any atom is -0.347 e. The molecule has 2 nitrogen and oxygen atoms in total. The van der Waals surface area contributed by atoms with E-state index in [1.807, 2.05) is 12.4 Å². The quantitative estimate of drug-likeness (QED) is 0.680. The normalized spacial score (nSPS) is 13.0. The van der Waals surface area contributed by atoms with Gasteiger partial charge in [-0.25, -0.2) is 4.98 Å². The Morgan fingerprint density at radius 2 is 2.55 bits per heavy atom. The van der Waals surface area contributed by atoms with Crippen molar-refractivity contribution in [2.75, 3.05) is 17.8 Å². The van der Waals surface area contributed by atoms with Crippen LogP contribution in [0.3, 0.4) is 0 Å². The maximum absolute atomic E-state index is 5.70. The van der Waals surface area contributed by atoms with Crippen LogP contribution in [0.25, 0.3) is 0 Å². The zero-order chi connectivity index (χ0) is 8.27. The van der Waals surface area contributed by atoms with Crippen LogP contribution < -0.4 is 4.90 Å². The molecular formula is C7H11ClN2S. The van der Waals surface area contributed by atoms with E-state index >= 15 is 0 Å². The van der Waals surface area contributed by atoms with E-state index in [0.29, 0.717) is 11.9 Å². The van der Waals surface area contributed by atoms with Gasteiger partial charge in [0.1, 0.15) is 0 Å². The van der Waals surface area contributed by atoms with Crippen molar-refractivity contribution in [1.82, 2.24) is 4.98 Å². The van der Waals surface area contributed by atoms with Gasteiger partial charge >= 0.3 is 0 Å². The SMILES string of the molecule is CC(CCl)N(C)c1nccs1. The van der Waals surface area contributed by atoms with Crippen LogP contribution in [0.5, 0.6) is 0 Å². The van der Waals surface area contributed by atoms with Crippen LogP contribution in [-0.4, -0.2) is 24.0 Å². The predicted molar refractivity (Wildman–Crippen MR) is 50.7 cm³/mol. The van der Waals surface area contributed by atoms with E-state index in [1.54, 1.807) is 17.5 Å². The van der Waals surface area contributed by atoms with Gasteiger partial charge < -0.3 is 4.90 Å². The highest BCUT2D eigenvalue weighted by Crippen LogP contribution is 2.17. The number of hydrogen-bond acceptors (Lipinski definition) is 3. The molecule has 0 radical (unpaired) electrons. The number of halogens is 1. The van der Waals surface area contributed by atoms with Crippen molar-refractivity contribution in [3.63, 3.8) is 0 Å². The zero-order valence-electron chi connectivity index (χ0n) is 6.62. The van der Waals surface area contributed by atoms with Gasteiger partial charge in [-0.1, -0.05) is 0 Å². The highest BCUT2D eigenvalue weighted by atomic mass is 35.5. The third-order valence-electron chi connectivity index (χ3n) is 1.61. The van der Waals surface area contributed by atoms with Crippen molar-refractivity contribution in [2.45, 2.75) is 13.0 Å². The van der Waals surface area contributed by atoms with E-state index < -0.39 is 0 Å². The van der Waals surface area contributed by atoms with Gasteiger partial charge in [0.2, 0.25) is 0 Å². The van der Waals surface area contributed by atoms with Crippen LogP contribution in [0.1, 0.15) is 6.92 Å². The molecule has 4 heteroatoms. The van der Waals surface area contributed by atoms with Crippen molar-refractivity contribution in [3.8, 4) is 0 Å². The maximum Gasteiger partial charge on any atom is 0.185 e. The van der Waals surface area contributed by atoms with Gasteiger partial charge in [-0.2, -0.15) is 0 Å². The minimum atomic E-state index is 0.350. The van der Waals surface area contributed by atoms with E-state index in [9.17, 15) is 0 Å². The molecule has 62 valence electrons. The summed E-state index contributed by atoms with van der Waals surface area (Å²) in [5.41, 5.74) is 0. The Hall–Kier alpha value is -0.280. The molecule has 1 heterocycles. The number of rotatable bonds is 3. The number of hydrogen-bond donors (Lipinski definition) is 0. The lowest BCUT2D eigenvalue weighted by Crippen LogP contribution is -2.29. The number of alkyl halides is 1. The first-order chi connectivity index (χ1) is 5.25. The second-order valence-corrected chi connectivity index (χ2v) is 3.61. The highest BCUT2D eigenvalue weighted by molar-refractivity contribution is 7.13. The first-order valence-corrected chi connectivity index (χ1v) is 4.85. The summed E-state index contributed by atoms with van der Waals surface area (Å²) in [7, 11) is 2.01. The second-order valence-electron chi connectivity index (χ2n) is 2.43. The summed E-state index contributed by atoms with van der Waals surface area (Å²) in [6, 6.07) is 0.350. The van der Waals surface area contributed by atoms with E-state index in [4.69, 9.17) is 11.6 Å². The summed E-state index contributed by atoms with van der Waals surface area (Å²) in [5.74, 6) is 0.635. The smallest absolute Gasteiger partial charge is 0.185 e. The van der Waals surface area contributed by atoms with Crippen LogP contribution >= 0.6 is 22.9 Å². The van der Waals surface area contributed by atoms with Gasteiger partial charge in [0.15, 0.2) is 5.13 Å². The second kappa shape index (κ2) is 3.93. The Labute approximate surface area is 75.8 Å². The lowest BCUT2D eigenvalue weighted by atomic mass is 10.4. The predicted octanol–water partition coefficient (Wildman–Crippen LogP) is 2.21. The lowest BCUT2D eigenvalue weighted by molar-refractivity contribution is 0.758. The van der Waals surface area contributed by atoms with E-state index in [-0.39, 0.29) is 0 Å². The number of aromatic nitrogens is 1. The molecule has 0 saturated carbocycles. The Kier molecular flexibility index (Phi) is 3.15. The summed E-state index contributed by atoms with van der Waals surface area (Å²) < 4.78 is 0. The Morgan fingerprint density at radius 1 is 1.82 bits per heavy atom. The van der Waals surface area contributed by atoms with Crippen LogP contribution in [0.4, 0.5) is 5.13 Å². The van der Waals surface area contributed by atoms with Gasteiger partial charge in [0.25, 0.3) is 0 Å². The van der Waals surface area contributed by atoms with Crippen molar-refractivity contribution in [3.05, 3.63) is 11.6 Å². The van der Waals surface area contributed by atoms with Crippen molar-refractivity contribution < 1.29 is 0 Å². The van der Waals surface area contributed by atoms with Gasteiger partial charge in [-0.05, 0) is 6.92 Å². The van der Waals surface area contributed by atoms with Crippen LogP contribution in [0.15, 0.2) is 11.6 Å². The highest BCUT2D eigenvalue weighted by Gasteiger charge is 2.09. The molecule has 0 spiro atoms. The largest absolute Gasteiger partial charge is 0.347 e. The molecule has 0 bridgehead atoms.